The fourth-order valence-electron chi connectivity index (χ4n) is 0.954. The zero-order chi connectivity index (χ0) is 10.9. The van der Waals surface area contributed by atoms with Crippen molar-refractivity contribution >= 4 is 22.5 Å². The van der Waals surface area contributed by atoms with E-state index in [0.29, 0.717) is 0 Å². The lowest BCUT2D eigenvalue weighted by Crippen LogP contribution is -2.17. The van der Waals surface area contributed by atoms with Gasteiger partial charge in [0.15, 0.2) is 0 Å². The minimum absolute atomic E-state index is 0.595. The molecule has 0 unspecified atom stereocenters. The molecule has 14 heavy (non-hydrogen) atoms. The van der Waals surface area contributed by atoms with Crippen LogP contribution >= 0.6 is 11.6 Å². The maximum absolute atomic E-state index is 12.3. The Morgan fingerprint density at radius 3 is 2.57 bits per heavy atom. The van der Waals surface area contributed by atoms with Gasteiger partial charge in [0.2, 0.25) is 0 Å². The van der Waals surface area contributed by atoms with Gasteiger partial charge in [0.25, 0.3) is 17.2 Å². The van der Waals surface area contributed by atoms with E-state index in [-0.39, 0.29) is 0 Å². The minimum Gasteiger partial charge on any atom is -0.394 e. The number of aromatic nitrogens is 1. The van der Waals surface area contributed by atoms with Gasteiger partial charge in [-0.05, 0) is 11.6 Å². The number of nitrogen functional groups attached to an aromatic ring is 1. The smallest absolute Gasteiger partial charge is 0.271 e. The highest BCUT2D eigenvalue weighted by Crippen LogP contribution is 2.25. The van der Waals surface area contributed by atoms with Gasteiger partial charge in [0.05, 0.1) is 5.56 Å². The first-order valence-electron chi connectivity index (χ1n) is 3.44. The van der Waals surface area contributed by atoms with Crippen molar-refractivity contribution in [1.82, 2.24) is 4.98 Å². The summed E-state index contributed by atoms with van der Waals surface area (Å²) in [5, 5.41) is -1.18. The van der Waals surface area contributed by atoms with Crippen LogP contribution in [0, 0.1) is 0 Å². The van der Waals surface area contributed by atoms with E-state index in [1.165, 1.54) is 0 Å². The van der Waals surface area contributed by atoms with Crippen LogP contribution in [-0.4, -0.2) is 10.2 Å². The number of carbonyl (C=O) groups excluding carboxylic acids is 1. The van der Waals surface area contributed by atoms with Crippen molar-refractivity contribution in [1.29, 1.82) is 0 Å². The fourth-order valence-corrected chi connectivity index (χ4v) is 1.16. The molecule has 0 aliphatic heterocycles. The molecule has 0 amide bonds. The van der Waals surface area contributed by atoms with Gasteiger partial charge in [-0.2, -0.15) is 0 Å². The van der Waals surface area contributed by atoms with Gasteiger partial charge in [-0.25, -0.2) is 8.78 Å². The molecule has 0 radical (unpaired) electrons. The molecule has 0 spiro atoms. The molecule has 0 saturated heterocycles. The normalized spacial score (nSPS) is 10.6. The summed E-state index contributed by atoms with van der Waals surface area (Å²) in [5.41, 5.74) is 2.41. The molecule has 1 heterocycles. The number of halogens is 3. The predicted molar refractivity (Wildman–Crippen MR) is 46.6 cm³/mol. The van der Waals surface area contributed by atoms with Gasteiger partial charge < -0.3 is 10.7 Å². The van der Waals surface area contributed by atoms with E-state index >= 15 is 0 Å². The van der Waals surface area contributed by atoms with Gasteiger partial charge in [-0.1, -0.05) is 0 Å². The Morgan fingerprint density at radius 1 is 1.57 bits per heavy atom. The van der Waals surface area contributed by atoms with Gasteiger partial charge in [-0.3, -0.25) is 9.59 Å². The van der Waals surface area contributed by atoms with Crippen LogP contribution in [0.4, 0.5) is 14.5 Å². The van der Waals surface area contributed by atoms with Crippen LogP contribution in [0.5, 0.6) is 0 Å². The average molecular weight is 223 g/mol. The monoisotopic (exact) mass is 222 g/mol. The Labute approximate surface area is 81.7 Å². The molecule has 0 aromatic carbocycles. The molecule has 1 rings (SSSR count). The van der Waals surface area contributed by atoms with E-state index in [4.69, 9.17) is 17.3 Å². The van der Waals surface area contributed by atoms with Crippen molar-refractivity contribution in [3.63, 3.8) is 0 Å². The van der Waals surface area contributed by atoms with Crippen LogP contribution in [0.2, 0.25) is 0 Å². The lowest BCUT2D eigenvalue weighted by Gasteiger charge is -2.06. The third-order valence-electron chi connectivity index (χ3n) is 1.59. The summed E-state index contributed by atoms with van der Waals surface area (Å²) in [6.07, 6.45) is -2.20. The van der Waals surface area contributed by atoms with Crippen LogP contribution in [-0.2, 0) is 0 Å². The third-order valence-corrected chi connectivity index (χ3v) is 1.78. The maximum atomic E-state index is 12.3. The fraction of sp³-hybridized carbons (Fsp3) is 0.143. The number of rotatable bonds is 2. The second kappa shape index (κ2) is 3.75. The summed E-state index contributed by atoms with van der Waals surface area (Å²) < 4.78 is 24.6. The van der Waals surface area contributed by atoms with Crippen molar-refractivity contribution in [2.75, 3.05) is 5.73 Å². The first-order chi connectivity index (χ1) is 6.45. The van der Waals surface area contributed by atoms with Gasteiger partial charge >= 0.3 is 0 Å². The summed E-state index contributed by atoms with van der Waals surface area (Å²) in [6, 6.07) is 0. The number of anilines is 1. The van der Waals surface area contributed by atoms with E-state index < -0.39 is 34.0 Å². The molecule has 0 aliphatic carbocycles. The number of nitrogens with two attached hydrogens (primary N) is 1. The highest BCUT2D eigenvalue weighted by Gasteiger charge is 2.21. The minimum atomic E-state index is -2.92. The molecule has 0 fully saturated rings. The molecular weight excluding hydrogens is 218 g/mol. The predicted octanol–water partition coefficient (Wildman–Crippen LogP) is 1.27. The number of hydrogen-bond donors (Lipinski definition) is 2. The molecule has 4 nitrogen and oxygen atoms in total. The number of nitrogens with one attached hydrogen (secondary N) is 1. The zero-order valence-electron chi connectivity index (χ0n) is 6.68. The second-order valence-electron chi connectivity index (χ2n) is 2.44. The Balaban J connectivity index is 3.54. The number of H-pyrrole nitrogens is 1. The van der Waals surface area contributed by atoms with Gasteiger partial charge in [-0.15, -0.1) is 0 Å². The summed E-state index contributed by atoms with van der Waals surface area (Å²) in [6.45, 7) is 0. The first-order valence-corrected chi connectivity index (χ1v) is 3.82. The standard InChI is InChI=1S/C7H5ClF2N2O2/c8-5(13)3-2(6(9)10)1-12-7(14)4(3)11/h1,6H,11H2,(H,12,14). The quantitative estimate of drug-likeness (QED) is 0.740. The number of pyridine rings is 1. The van der Waals surface area contributed by atoms with E-state index in [1.54, 1.807) is 0 Å². The summed E-state index contributed by atoms with van der Waals surface area (Å²) >= 11 is 5.02. The molecule has 3 N–H and O–H groups in total. The maximum Gasteiger partial charge on any atom is 0.271 e. The molecular formula is C7H5ClF2N2O2. The summed E-state index contributed by atoms with van der Waals surface area (Å²) in [5.74, 6) is 0. The highest BCUT2D eigenvalue weighted by molar-refractivity contribution is 6.68. The largest absolute Gasteiger partial charge is 0.394 e. The molecule has 0 bridgehead atoms. The van der Waals surface area contributed by atoms with Crippen molar-refractivity contribution in [2.24, 2.45) is 0 Å². The molecule has 0 aliphatic rings. The van der Waals surface area contributed by atoms with Crippen LogP contribution in [0.1, 0.15) is 22.3 Å². The molecule has 0 saturated carbocycles. The van der Waals surface area contributed by atoms with Crippen LogP contribution < -0.4 is 11.3 Å². The number of aromatic amines is 1. The molecule has 76 valence electrons. The zero-order valence-corrected chi connectivity index (χ0v) is 7.44. The number of alkyl halides is 2. The Morgan fingerprint density at radius 2 is 2.14 bits per heavy atom. The van der Waals surface area contributed by atoms with E-state index in [9.17, 15) is 18.4 Å². The second-order valence-corrected chi connectivity index (χ2v) is 2.78. The third kappa shape index (κ3) is 1.74. The van der Waals surface area contributed by atoms with E-state index in [2.05, 4.69) is 0 Å². The molecule has 0 atom stereocenters. The van der Waals surface area contributed by atoms with E-state index in [0.717, 1.165) is 6.20 Å². The van der Waals surface area contributed by atoms with Gasteiger partial charge in [0, 0.05) is 11.8 Å². The molecule has 1 aromatic rings. The molecule has 1 aromatic heterocycles. The van der Waals surface area contributed by atoms with Gasteiger partial charge in [0.1, 0.15) is 5.69 Å². The first kappa shape index (κ1) is 10.6. The summed E-state index contributed by atoms with van der Waals surface area (Å²) in [7, 11) is 0. The lowest BCUT2D eigenvalue weighted by atomic mass is 10.1. The van der Waals surface area contributed by atoms with Crippen molar-refractivity contribution in [3.8, 4) is 0 Å². The Kier molecular flexibility index (Phi) is 2.85. The van der Waals surface area contributed by atoms with Crippen LogP contribution in [0.3, 0.4) is 0 Å². The van der Waals surface area contributed by atoms with Crippen LogP contribution in [0.15, 0.2) is 11.0 Å². The topological polar surface area (TPSA) is 76.0 Å². The highest BCUT2D eigenvalue weighted by atomic mass is 35.5. The lowest BCUT2D eigenvalue weighted by molar-refractivity contribution is 0.106. The van der Waals surface area contributed by atoms with E-state index in [1.807, 2.05) is 4.98 Å². The Hall–Kier alpha value is -1.43. The number of hydrogen-bond acceptors (Lipinski definition) is 3. The van der Waals surface area contributed by atoms with Crippen molar-refractivity contribution in [2.45, 2.75) is 6.43 Å². The number of carbonyl (C=O) groups is 1. The van der Waals surface area contributed by atoms with Crippen LogP contribution in [0.25, 0.3) is 0 Å². The van der Waals surface area contributed by atoms with Crippen molar-refractivity contribution in [3.05, 3.63) is 27.7 Å². The molecule has 7 heteroatoms. The summed E-state index contributed by atoms with van der Waals surface area (Å²) in [4.78, 5) is 23.6. The SMILES string of the molecule is Nc1c(C(=O)Cl)c(C(F)F)c[nH]c1=O. The van der Waals surface area contributed by atoms with Crippen molar-refractivity contribution < 1.29 is 13.6 Å². The average Bonchev–Trinajstić information content (AvgIpc) is 2.08. The Bertz CT molecular complexity index is 430.